The number of carbonyl (C=O) groups is 3. The average Bonchev–Trinajstić information content (AvgIpc) is 2.92. The minimum Gasteiger partial charge on any atom is -0.512 e. The van der Waals surface area contributed by atoms with E-state index in [9.17, 15) is 19.5 Å². The van der Waals surface area contributed by atoms with Gasteiger partial charge in [-0.05, 0) is 40.7 Å². The first-order valence-electron chi connectivity index (χ1n) is 13.2. The Kier molecular flexibility index (Phi) is 7.28. The summed E-state index contributed by atoms with van der Waals surface area (Å²) in [7, 11) is 3.88. The van der Waals surface area contributed by atoms with E-state index < -0.39 is 11.8 Å². The topological polar surface area (TPSA) is 74.7 Å². The Morgan fingerprint density at radius 2 is 1.18 bits per heavy atom. The molecule has 0 bridgehead atoms. The van der Waals surface area contributed by atoms with Gasteiger partial charge in [-0.3, -0.25) is 14.4 Å². The van der Waals surface area contributed by atoms with Crippen LogP contribution in [0.5, 0.6) is 0 Å². The Balaban J connectivity index is 1.54. The van der Waals surface area contributed by atoms with Gasteiger partial charge in [-0.25, -0.2) is 0 Å². The largest absolute Gasteiger partial charge is 0.512 e. The van der Waals surface area contributed by atoms with E-state index in [0.717, 1.165) is 16.8 Å². The van der Waals surface area contributed by atoms with Gasteiger partial charge in [0.2, 0.25) is 0 Å². The summed E-state index contributed by atoms with van der Waals surface area (Å²) in [4.78, 5) is 43.0. The molecule has 0 aromatic heterocycles. The van der Waals surface area contributed by atoms with E-state index in [2.05, 4.69) is 0 Å². The highest BCUT2D eigenvalue weighted by Gasteiger charge is 2.46. The lowest BCUT2D eigenvalue weighted by Crippen LogP contribution is -2.39. The highest BCUT2D eigenvalue weighted by atomic mass is 16.3. The van der Waals surface area contributed by atoms with Crippen LogP contribution in [-0.2, 0) is 14.4 Å². The lowest BCUT2D eigenvalue weighted by Gasteiger charge is -2.35. The lowest BCUT2D eigenvalue weighted by molar-refractivity contribution is -0.136. The number of carbonyl (C=O) groups excluding carboxylic acids is 3. The van der Waals surface area contributed by atoms with Crippen LogP contribution in [0, 0.1) is 5.92 Å². The molecule has 0 saturated heterocycles. The molecular formula is C33H33NO4. The van der Waals surface area contributed by atoms with Crippen molar-refractivity contribution in [1.82, 2.24) is 0 Å². The van der Waals surface area contributed by atoms with Gasteiger partial charge in [0.15, 0.2) is 5.78 Å². The minimum atomic E-state index is -0.991. The van der Waals surface area contributed by atoms with Crippen molar-refractivity contribution in [1.29, 1.82) is 0 Å². The molecule has 1 fully saturated rings. The smallest absolute Gasteiger partial charge is 0.163 e. The van der Waals surface area contributed by atoms with Crippen LogP contribution in [-0.4, -0.2) is 36.6 Å². The molecule has 5 rings (SSSR count). The van der Waals surface area contributed by atoms with Crippen LogP contribution in [0.2, 0.25) is 0 Å². The van der Waals surface area contributed by atoms with Crippen LogP contribution in [0.15, 0.2) is 96.3 Å². The van der Waals surface area contributed by atoms with Crippen molar-refractivity contribution in [2.75, 3.05) is 19.0 Å². The molecule has 1 unspecified atom stereocenters. The van der Waals surface area contributed by atoms with E-state index >= 15 is 0 Å². The Hall–Kier alpha value is -3.99. The summed E-state index contributed by atoms with van der Waals surface area (Å²) in [5.74, 6) is -2.65. The van der Waals surface area contributed by atoms with E-state index in [0.29, 0.717) is 12.0 Å². The Labute approximate surface area is 223 Å². The molecule has 2 aliphatic rings. The highest BCUT2D eigenvalue weighted by Crippen LogP contribution is 2.46. The van der Waals surface area contributed by atoms with E-state index in [-0.39, 0.29) is 59.8 Å². The summed E-state index contributed by atoms with van der Waals surface area (Å²) in [6.07, 6.45) is 1.01. The number of anilines is 1. The number of rotatable bonds is 6. The molecule has 5 heteroatoms. The molecule has 1 saturated carbocycles. The van der Waals surface area contributed by atoms with Crippen LogP contribution in [0.3, 0.4) is 0 Å². The normalized spacial score (nSPS) is 22.9. The molecule has 5 nitrogen and oxygen atoms in total. The maximum atomic E-state index is 13.7. The van der Waals surface area contributed by atoms with Gasteiger partial charge >= 0.3 is 0 Å². The fraction of sp³-hybridized carbons (Fsp3) is 0.303. The van der Waals surface area contributed by atoms with E-state index in [1.807, 2.05) is 104 Å². The van der Waals surface area contributed by atoms with Gasteiger partial charge in [-0.15, -0.1) is 0 Å². The highest BCUT2D eigenvalue weighted by molar-refractivity contribution is 6.09. The number of aliphatic hydroxyl groups is 1. The summed E-state index contributed by atoms with van der Waals surface area (Å²) in [5.41, 5.74) is 3.86. The molecule has 3 aromatic carbocycles. The third-order valence-electron chi connectivity index (χ3n) is 8.03. The molecule has 0 aliphatic heterocycles. The SMILES string of the molecule is CN(C)c1ccc([C@@H](C2=C(O)CC(c3ccccc3)CC2=O)C2C(=O)CC(c3ccccc3)CC2=O)cc1. The average molecular weight is 508 g/mol. The van der Waals surface area contributed by atoms with Gasteiger partial charge in [0.05, 0.1) is 5.92 Å². The van der Waals surface area contributed by atoms with Crippen LogP contribution < -0.4 is 4.90 Å². The van der Waals surface area contributed by atoms with Crippen molar-refractivity contribution in [3.63, 3.8) is 0 Å². The monoisotopic (exact) mass is 507 g/mol. The number of hydrogen-bond donors (Lipinski definition) is 1. The molecule has 3 aromatic rings. The third-order valence-corrected chi connectivity index (χ3v) is 8.03. The molecule has 0 radical (unpaired) electrons. The molecule has 2 aliphatic carbocycles. The van der Waals surface area contributed by atoms with Gasteiger partial charge in [0.1, 0.15) is 17.3 Å². The fourth-order valence-corrected chi connectivity index (χ4v) is 6.05. The van der Waals surface area contributed by atoms with Crippen molar-refractivity contribution in [3.05, 3.63) is 113 Å². The summed E-state index contributed by atoms with van der Waals surface area (Å²) in [6.45, 7) is 0. The van der Waals surface area contributed by atoms with Crippen LogP contribution in [0.1, 0.15) is 60.1 Å². The lowest BCUT2D eigenvalue weighted by atomic mass is 9.65. The molecule has 1 N–H and O–H groups in total. The second-order valence-electron chi connectivity index (χ2n) is 10.7. The third kappa shape index (κ3) is 5.06. The number of Topliss-reactive ketones (excluding diaryl/α,β-unsaturated/α-hetero) is 3. The molecule has 194 valence electrons. The summed E-state index contributed by atoms with van der Waals surface area (Å²) >= 11 is 0. The van der Waals surface area contributed by atoms with E-state index in [1.165, 1.54) is 0 Å². The first-order chi connectivity index (χ1) is 18.3. The number of ketones is 3. The van der Waals surface area contributed by atoms with Gasteiger partial charge in [0, 0.05) is 57.0 Å². The maximum absolute atomic E-state index is 13.7. The zero-order chi connectivity index (χ0) is 26.8. The van der Waals surface area contributed by atoms with Crippen LogP contribution in [0.25, 0.3) is 0 Å². The number of aliphatic hydroxyl groups excluding tert-OH is 1. The van der Waals surface area contributed by atoms with Gasteiger partial charge in [0.25, 0.3) is 0 Å². The predicted octanol–water partition coefficient (Wildman–Crippen LogP) is 6.13. The second kappa shape index (κ2) is 10.8. The Morgan fingerprint density at radius 3 is 1.66 bits per heavy atom. The van der Waals surface area contributed by atoms with E-state index in [4.69, 9.17) is 0 Å². The van der Waals surface area contributed by atoms with Gasteiger partial charge < -0.3 is 10.0 Å². The predicted molar refractivity (Wildman–Crippen MR) is 149 cm³/mol. The van der Waals surface area contributed by atoms with Crippen molar-refractivity contribution in [3.8, 4) is 0 Å². The van der Waals surface area contributed by atoms with Crippen LogP contribution >= 0.6 is 0 Å². The zero-order valence-corrected chi connectivity index (χ0v) is 21.8. The van der Waals surface area contributed by atoms with Crippen molar-refractivity contribution >= 4 is 23.0 Å². The molecule has 2 atom stereocenters. The van der Waals surface area contributed by atoms with Crippen LogP contribution in [0.4, 0.5) is 5.69 Å². The van der Waals surface area contributed by atoms with Gasteiger partial charge in [-0.2, -0.15) is 0 Å². The maximum Gasteiger partial charge on any atom is 0.163 e. The summed E-state index contributed by atoms with van der Waals surface area (Å²) in [6, 6.07) is 26.9. The quantitative estimate of drug-likeness (QED) is 0.407. The first kappa shape index (κ1) is 25.7. The number of hydrogen-bond acceptors (Lipinski definition) is 5. The fourth-order valence-electron chi connectivity index (χ4n) is 6.05. The van der Waals surface area contributed by atoms with E-state index in [1.54, 1.807) is 0 Å². The number of nitrogens with zero attached hydrogens (tertiary/aromatic N) is 1. The summed E-state index contributed by atoms with van der Waals surface area (Å²) in [5, 5.41) is 11.3. The van der Waals surface area contributed by atoms with Crippen molar-refractivity contribution < 1.29 is 19.5 Å². The summed E-state index contributed by atoms with van der Waals surface area (Å²) < 4.78 is 0. The molecule has 0 amide bonds. The van der Waals surface area contributed by atoms with Crippen molar-refractivity contribution in [2.45, 2.75) is 43.4 Å². The first-order valence-corrected chi connectivity index (χ1v) is 13.2. The number of allylic oxidation sites excluding steroid dienone is 2. The number of benzene rings is 3. The molecule has 38 heavy (non-hydrogen) atoms. The Bertz CT molecular complexity index is 1340. The standard InChI is InChI=1S/C33H33NO4/c1-34(2)26-15-13-23(14-16-26)31(32-27(35)17-24(18-28(32)36)21-9-5-3-6-10-21)33-29(37)19-25(20-30(33)38)22-11-7-4-8-12-22/h3-16,24-25,31-32,37H,17-20H2,1-2H3/t24?,25?,31-,32?/m1/s1. The minimum absolute atomic E-state index is 0.0115. The molecule has 0 spiro atoms. The van der Waals surface area contributed by atoms with Crippen molar-refractivity contribution in [2.24, 2.45) is 5.92 Å². The Morgan fingerprint density at radius 1 is 0.684 bits per heavy atom. The molecular weight excluding hydrogens is 474 g/mol. The second-order valence-corrected chi connectivity index (χ2v) is 10.7. The van der Waals surface area contributed by atoms with Gasteiger partial charge in [-0.1, -0.05) is 72.8 Å². The molecule has 0 heterocycles. The zero-order valence-electron chi connectivity index (χ0n) is 21.8.